The largest absolute Gasteiger partial charge is 0.301 e. The summed E-state index contributed by atoms with van der Waals surface area (Å²) in [6, 6.07) is 10.1. The summed E-state index contributed by atoms with van der Waals surface area (Å²) >= 11 is 7.15. The van der Waals surface area contributed by atoms with Crippen molar-refractivity contribution >= 4 is 34.0 Å². The molecule has 0 fully saturated rings. The van der Waals surface area contributed by atoms with E-state index in [1.165, 1.54) is 16.9 Å². The maximum absolute atomic E-state index is 11.4. The molecule has 3 nitrogen and oxygen atoms in total. The molecular weight excluding hydrogens is 268 g/mol. The summed E-state index contributed by atoms with van der Waals surface area (Å²) in [5.41, 5.74) is 1.23. The molecule has 2 aromatic rings. The number of carbonyl (C=O) groups excluding carboxylic acids is 1. The molecule has 94 valence electrons. The Morgan fingerprint density at radius 2 is 2.17 bits per heavy atom. The second-order valence-electron chi connectivity index (χ2n) is 3.90. The number of nitrogens with zero attached hydrogens (tertiary/aromatic N) is 1. The van der Waals surface area contributed by atoms with Gasteiger partial charge in [0.15, 0.2) is 5.13 Å². The Bertz CT molecular complexity index is 525. The molecule has 0 aliphatic heterocycles. The van der Waals surface area contributed by atoms with Gasteiger partial charge in [0.25, 0.3) is 0 Å². The van der Waals surface area contributed by atoms with E-state index in [-0.39, 0.29) is 5.91 Å². The van der Waals surface area contributed by atoms with Crippen LogP contribution >= 0.6 is 22.9 Å². The summed E-state index contributed by atoms with van der Waals surface area (Å²) in [7, 11) is 0. The SMILES string of the molecule is C[C@@H](Cl)C(=O)Nc1ncc(Cc2ccccc2)s1. The normalized spacial score (nSPS) is 12.1. The van der Waals surface area contributed by atoms with Crippen molar-refractivity contribution in [2.45, 2.75) is 18.7 Å². The van der Waals surface area contributed by atoms with E-state index in [4.69, 9.17) is 11.6 Å². The highest BCUT2D eigenvalue weighted by molar-refractivity contribution is 7.15. The van der Waals surface area contributed by atoms with E-state index in [2.05, 4.69) is 22.4 Å². The van der Waals surface area contributed by atoms with Gasteiger partial charge in [-0.25, -0.2) is 4.98 Å². The summed E-state index contributed by atoms with van der Waals surface area (Å²) in [5, 5.41) is 2.73. The fraction of sp³-hybridized carbons (Fsp3) is 0.231. The molecule has 18 heavy (non-hydrogen) atoms. The molecule has 1 amide bonds. The topological polar surface area (TPSA) is 42.0 Å². The number of benzene rings is 1. The molecular formula is C13H13ClN2OS. The van der Waals surface area contributed by atoms with E-state index >= 15 is 0 Å². The van der Waals surface area contributed by atoms with Gasteiger partial charge in [-0.2, -0.15) is 0 Å². The summed E-state index contributed by atoms with van der Waals surface area (Å²) < 4.78 is 0. The highest BCUT2D eigenvalue weighted by Crippen LogP contribution is 2.21. The Kier molecular flexibility index (Phi) is 4.33. The van der Waals surface area contributed by atoms with E-state index in [1.54, 1.807) is 13.1 Å². The molecule has 1 atom stereocenters. The lowest BCUT2D eigenvalue weighted by molar-refractivity contribution is -0.115. The highest BCUT2D eigenvalue weighted by atomic mass is 35.5. The number of halogens is 1. The fourth-order valence-corrected chi connectivity index (χ4v) is 2.35. The Balaban J connectivity index is 2.00. The molecule has 0 aliphatic rings. The lowest BCUT2D eigenvalue weighted by atomic mass is 10.1. The van der Waals surface area contributed by atoms with Crippen LogP contribution in [0.3, 0.4) is 0 Å². The molecule has 0 saturated carbocycles. The lowest BCUT2D eigenvalue weighted by Crippen LogP contribution is -2.19. The Morgan fingerprint density at radius 3 is 2.83 bits per heavy atom. The van der Waals surface area contributed by atoms with Gasteiger partial charge in [-0.15, -0.1) is 22.9 Å². The maximum atomic E-state index is 11.4. The molecule has 1 N–H and O–H groups in total. The predicted octanol–water partition coefficient (Wildman–Crippen LogP) is 3.30. The van der Waals surface area contributed by atoms with Gasteiger partial charge < -0.3 is 5.32 Å². The zero-order valence-corrected chi connectivity index (χ0v) is 11.5. The first-order chi connectivity index (χ1) is 8.65. The predicted molar refractivity (Wildman–Crippen MR) is 75.3 cm³/mol. The monoisotopic (exact) mass is 280 g/mol. The zero-order valence-electron chi connectivity index (χ0n) is 9.89. The number of thiazole rings is 1. The number of nitrogens with one attached hydrogen (secondary N) is 1. The van der Waals surface area contributed by atoms with Crippen LogP contribution in [0.5, 0.6) is 0 Å². The van der Waals surface area contributed by atoms with Gasteiger partial charge in [0.2, 0.25) is 5.91 Å². The molecule has 0 radical (unpaired) electrons. The third-order valence-corrected chi connectivity index (χ3v) is 3.48. The smallest absolute Gasteiger partial charge is 0.243 e. The number of rotatable bonds is 4. The van der Waals surface area contributed by atoms with Crippen LogP contribution in [-0.2, 0) is 11.2 Å². The summed E-state index contributed by atoms with van der Waals surface area (Å²) in [5.74, 6) is -0.225. The van der Waals surface area contributed by atoms with Crippen molar-refractivity contribution in [3.8, 4) is 0 Å². The number of amides is 1. The van der Waals surface area contributed by atoms with Crippen LogP contribution in [0, 0.1) is 0 Å². The first-order valence-corrected chi connectivity index (χ1v) is 6.84. The minimum atomic E-state index is -0.550. The lowest BCUT2D eigenvalue weighted by Gasteiger charge is -2.01. The van der Waals surface area contributed by atoms with Crippen LogP contribution in [-0.4, -0.2) is 16.3 Å². The quantitative estimate of drug-likeness (QED) is 0.873. The molecule has 1 aromatic carbocycles. The Morgan fingerprint density at radius 1 is 1.44 bits per heavy atom. The number of carbonyl (C=O) groups is 1. The number of anilines is 1. The van der Waals surface area contributed by atoms with Gasteiger partial charge in [-0.3, -0.25) is 4.79 Å². The van der Waals surface area contributed by atoms with Crippen LogP contribution in [0.2, 0.25) is 0 Å². The van der Waals surface area contributed by atoms with Crippen molar-refractivity contribution in [1.82, 2.24) is 4.98 Å². The number of aromatic nitrogens is 1. The Hall–Kier alpha value is -1.39. The van der Waals surface area contributed by atoms with Crippen LogP contribution in [0.4, 0.5) is 5.13 Å². The van der Waals surface area contributed by atoms with Crippen molar-refractivity contribution in [1.29, 1.82) is 0 Å². The van der Waals surface area contributed by atoms with Crippen LogP contribution in [0.1, 0.15) is 17.4 Å². The second-order valence-corrected chi connectivity index (χ2v) is 5.67. The molecule has 5 heteroatoms. The molecule has 1 aromatic heterocycles. The Labute approximate surface area is 115 Å². The van der Waals surface area contributed by atoms with E-state index < -0.39 is 5.38 Å². The highest BCUT2D eigenvalue weighted by Gasteiger charge is 2.11. The third-order valence-electron chi connectivity index (χ3n) is 2.37. The average molecular weight is 281 g/mol. The van der Waals surface area contributed by atoms with Crippen molar-refractivity contribution < 1.29 is 4.79 Å². The third kappa shape index (κ3) is 3.55. The van der Waals surface area contributed by atoms with Crippen molar-refractivity contribution in [2.75, 3.05) is 5.32 Å². The number of hydrogen-bond acceptors (Lipinski definition) is 3. The van der Waals surface area contributed by atoms with E-state index in [1.807, 2.05) is 18.2 Å². The van der Waals surface area contributed by atoms with Gasteiger partial charge in [0, 0.05) is 17.5 Å². The summed E-state index contributed by atoms with van der Waals surface area (Å²) in [4.78, 5) is 16.7. The molecule has 0 unspecified atom stereocenters. The molecule has 0 bridgehead atoms. The first kappa shape index (κ1) is 13.1. The van der Waals surface area contributed by atoms with E-state index in [0.717, 1.165) is 11.3 Å². The number of hydrogen-bond donors (Lipinski definition) is 1. The minimum absolute atomic E-state index is 0.225. The summed E-state index contributed by atoms with van der Waals surface area (Å²) in [6.07, 6.45) is 2.61. The first-order valence-electron chi connectivity index (χ1n) is 5.58. The van der Waals surface area contributed by atoms with Gasteiger partial charge in [0.05, 0.1) is 0 Å². The zero-order chi connectivity index (χ0) is 13.0. The van der Waals surface area contributed by atoms with Crippen molar-refractivity contribution in [3.63, 3.8) is 0 Å². The van der Waals surface area contributed by atoms with Gasteiger partial charge in [-0.1, -0.05) is 30.3 Å². The van der Waals surface area contributed by atoms with E-state index in [9.17, 15) is 4.79 Å². The number of alkyl halides is 1. The van der Waals surface area contributed by atoms with Gasteiger partial charge in [-0.05, 0) is 12.5 Å². The molecule has 0 spiro atoms. The van der Waals surface area contributed by atoms with Crippen LogP contribution < -0.4 is 5.32 Å². The minimum Gasteiger partial charge on any atom is -0.301 e. The van der Waals surface area contributed by atoms with Crippen molar-refractivity contribution in [2.24, 2.45) is 0 Å². The van der Waals surface area contributed by atoms with E-state index in [0.29, 0.717) is 5.13 Å². The fourth-order valence-electron chi connectivity index (χ4n) is 1.45. The van der Waals surface area contributed by atoms with Gasteiger partial charge >= 0.3 is 0 Å². The average Bonchev–Trinajstić information content (AvgIpc) is 2.77. The van der Waals surface area contributed by atoms with Crippen LogP contribution in [0.25, 0.3) is 0 Å². The molecule has 1 heterocycles. The molecule has 0 saturated heterocycles. The van der Waals surface area contributed by atoms with Gasteiger partial charge in [0.1, 0.15) is 5.38 Å². The molecule has 2 rings (SSSR count). The standard InChI is InChI=1S/C13H13ClN2OS/c1-9(14)12(17)16-13-15-8-11(18-13)7-10-5-3-2-4-6-10/h2-6,8-9H,7H2,1H3,(H,15,16,17)/t9-/m1/s1. The second kappa shape index (κ2) is 5.98. The van der Waals surface area contributed by atoms with Crippen LogP contribution in [0.15, 0.2) is 36.5 Å². The molecule has 0 aliphatic carbocycles. The summed E-state index contributed by atoms with van der Waals surface area (Å²) in [6.45, 7) is 1.63. The maximum Gasteiger partial charge on any atom is 0.243 e. The van der Waals surface area contributed by atoms with Crippen molar-refractivity contribution in [3.05, 3.63) is 47.0 Å².